The first kappa shape index (κ1) is 18.2. The van der Waals surface area contributed by atoms with Gasteiger partial charge in [-0.3, -0.25) is 9.47 Å². The van der Waals surface area contributed by atoms with Crippen LogP contribution in [0.1, 0.15) is 44.1 Å². The van der Waals surface area contributed by atoms with Gasteiger partial charge >= 0.3 is 5.69 Å². The molecule has 0 unspecified atom stereocenters. The molecule has 0 radical (unpaired) electrons. The molecule has 2 saturated carbocycles. The highest BCUT2D eigenvalue weighted by atomic mass is 16.1. The van der Waals surface area contributed by atoms with E-state index in [0.717, 1.165) is 31.0 Å². The molecule has 2 fully saturated rings. The second-order valence-corrected chi connectivity index (χ2v) is 8.11. The molecule has 0 amide bonds. The molecular weight excluding hydrogens is 338 g/mol. The van der Waals surface area contributed by atoms with Crippen LogP contribution in [0.4, 0.5) is 5.82 Å². The zero-order valence-corrected chi connectivity index (χ0v) is 15.8. The fourth-order valence-corrected chi connectivity index (χ4v) is 4.05. The number of aromatic nitrogens is 2. The van der Waals surface area contributed by atoms with Crippen LogP contribution in [-0.4, -0.2) is 33.1 Å². The smallest absolute Gasteiger partial charge is 0.354 e. The van der Waals surface area contributed by atoms with Gasteiger partial charge in [0.1, 0.15) is 5.82 Å². The van der Waals surface area contributed by atoms with Crippen molar-refractivity contribution in [1.82, 2.24) is 14.5 Å². The molecule has 4 rings (SSSR count). The topological polar surface area (TPSA) is 90.2 Å². The fraction of sp³-hybridized carbons (Fsp3) is 0.524. The van der Waals surface area contributed by atoms with Gasteiger partial charge in [0.2, 0.25) is 0 Å². The monoisotopic (exact) mass is 367 g/mol. The molecular formula is C21H29N5O. The second kappa shape index (κ2) is 7.82. The van der Waals surface area contributed by atoms with Crippen molar-refractivity contribution in [3.8, 4) is 5.69 Å². The van der Waals surface area contributed by atoms with Crippen LogP contribution in [0.3, 0.4) is 0 Å². The van der Waals surface area contributed by atoms with Crippen molar-refractivity contribution in [2.24, 2.45) is 11.7 Å². The van der Waals surface area contributed by atoms with Gasteiger partial charge in [-0.2, -0.15) is 4.98 Å². The Hall–Kier alpha value is -2.18. The Labute approximate surface area is 160 Å². The van der Waals surface area contributed by atoms with Crippen LogP contribution >= 0.6 is 0 Å². The van der Waals surface area contributed by atoms with Crippen molar-refractivity contribution >= 4 is 5.82 Å². The first-order valence-corrected chi connectivity index (χ1v) is 10.0. The molecule has 1 aromatic carbocycles. The van der Waals surface area contributed by atoms with E-state index in [4.69, 9.17) is 11.5 Å². The zero-order valence-electron chi connectivity index (χ0n) is 15.8. The Bertz CT molecular complexity index is 819. The van der Waals surface area contributed by atoms with E-state index in [-0.39, 0.29) is 11.5 Å². The van der Waals surface area contributed by atoms with Gasteiger partial charge in [0.25, 0.3) is 0 Å². The van der Waals surface area contributed by atoms with Crippen molar-refractivity contribution in [2.75, 3.05) is 12.3 Å². The highest BCUT2D eigenvalue weighted by Gasteiger charge is 2.30. The number of hydrogen-bond donors (Lipinski definition) is 2. The van der Waals surface area contributed by atoms with E-state index in [0.29, 0.717) is 12.1 Å². The highest BCUT2D eigenvalue weighted by molar-refractivity contribution is 5.36. The highest BCUT2D eigenvalue weighted by Crippen LogP contribution is 2.33. The molecule has 27 heavy (non-hydrogen) atoms. The molecule has 6 heteroatoms. The Morgan fingerprint density at radius 1 is 1.04 bits per heavy atom. The summed E-state index contributed by atoms with van der Waals surface area (Å²) in [7, 11) is 0. The third kappa shape index (κ3) is 4.57. The van der Waals surface area contributed by atoms with Gasteiger partial charge in [0, 0.05) is 31.4 Å². The van der Waals surface area contributed by atoms with Gasteiger partial charge in [-0.1, -0.05) is 12.1 Å². The Morgan fingerprint density at radius 2 is 1.74 bits per heavy atom. The average molecular weight is 367 g/mol. The Balaban J connectivity index is 1.47. The largest absolute Gasteiger partial charge is 0.383 e. The predicted molar refractivity (Wildman–Crippen MR) is 108 cm³/mol. The minimum absolute atomic E-state index is 0.246. The molecule has 144 valence electrons. The minimum Gasteiger partial charge on any atom is -0.383 e. The second-order valence-electron chi connectivity index (χ2n) is 8.11. The summed E-state index contributed by atoms with van der Waals surface area (Å²) in [5.41, 5.74) is 13.4. The van der Waals surface area contributed by atoms with Crippen molar-refractivity contribution in [3.63, 3.8) is 0 Å². The standard InChI is InChI=1S/C21H29N5O/c22-17-5-9-18(10-6-17)25(13-15-1-2-15)14-16-3-7-19(8-4-16)26-12-11-20(23)24-21(26)27/h3-4,7-8,11-12,15,17-18H,1-2,5-6,9-10,13-14,22H2,(H2,23,24,27)/t17-,18-. The van der Waals surface area contributed by atoms with Gasteiger partial charge < -0.3 is 11.5 Å². The molecule has 0 aliphatic heterocycles. The lowest BCUT2D eigenvalue weighted by Crippen LogP contribution is -2.41. The first-order valence-electron chi connectivity index (χ1n) is 10.0. The maximum Gasteiger partial charge on any atom is 0.354 e. The molecule has 1 heterocycles. The van der Waals surface area contributed by atoms with Crippen LogP contribution in [0.25, 0.3) is 5.69 Å². The predicted octanol–water partition coefficient (Wildman–Crippen LogP) is 2.30. The van der Waals surface area contributed by atoms with Crippen LogP contribution in [0.5, 0.6) is 0 Å². The van der Waals surface area contributed by atoms with Crippen LogP contribution in [0.15, 0.2) is 41.3 Å². The Morgan fingerprint density at radius 3 is 2.37 bits per heavy atom. The lowest BCUT2D eigenvalue weighted by Gasteiger charge is -2.36. The normalized spacial score (nSPS) is 22.9. The molecule has 2 aliphatic rings. The summed E-state index contributed by atoms with van der Waals surface area (Å²) < 4.78 is 1.52. The molecule has 0 bridgehead atoms. The molecule has 0 spiro atoms. The lowest BCUT2D eigenvalue weighted by molar-refractivity contribution is 0.136. The molecule has 1 aromatic heterocycles. The number of nitrogens with zero attached hydrogens (tertiary/aromatic N) is 3. The maximum atomic E-state index is 12.0. The van der Waals surface area contributed by atoms with Gasteiger partial charge in [-0.05, 0) is 68.2 Å². The Kier molecular flexibility index (Phi) is 5.27. The molecule has 4 N–H and O–H groups in total. The third-order valence-electron chi connectivity index (χ3n) is 5.87. The van der Waals surface area contributed by atoms with E-state index >= 15 is 0 Å². The minimum atomic E-state index is -0.350. The molecule has 0 saturated heterocycles. The van der Waals surface area contributed by atoms with Crippen LogP contribution in [0, 0.1) is 5.92 Å². The number of nitrogen functional groups attached to an aromatic ring is 1. The third-order valence-corrected chi connectivity index (χ3v) is 5.87. The average Bonchev–Trinajstić information content (AvgIpc) is 3.47. The van der Waals surface area contributed by atoms with Crippen molar-refractivity contribution in [2.45, 2.75) is 57.2 Å². The number of rotatable bonds is 6. The SMILES string of the molecule is Nc1ccn(-c2ccc(CN(CC3CC3)[C@H]3CC[C@H](N)CC3)cc2)c(=O)n1. The first-order chi connectivity index (χ1) is 13.1. The summed E-state index contributed by atoms with van der Waals surface area (Å²) in [4.78, 5) is 18.5. The molecule has 2 aromatic rings. The summed E-state index contributed by atoms with van der Waals surface area (Å²) in [5, 5.41) is 0. The molecule has 6 nitrogen and oxygen atoms in total. The van der Waals surface area contributed by atoms with Crippen molar-refractivity contribution in [1.29, 1.82) is 0 Å². The summed E-state index contributed by atoms with van der Waals surface area (Å²) in [5.74, 6) is 1.12. The van der Waals surface area contributed by atoms with E-state index in [1.807, 2.05) is 12.1 Å². The van der Waals surface area contributed by atoms with E-state index in [1.54, 1.807) is 12.3 Å². The quantitative estimate of drug-likeness (QED) is 0.818. The van der Waals surface area contributed by atoms with Gasteiger partial charge in [0.15, 0.2) is 0 Å². The maximum absolute atomic E-state index is 12.0. The van der Waals surface area contributed by atoms with Gasteiger partial charge in [-0.25, -0.2) is 4.79 Å². The summed E-state index contributed by atoms with van der Waals surface area (Å²) in [6.45, 7) is 2.16. The molecule has 2 aliphatic carbocycles. The number of nitrogens with two attached hydrogens (primary N) is 2. The molecule has 0 atom stereocenters. The fourth-order valence-electron chi connectivity index (χ4n) is 4.05. The van der Waals surface area contributed by atoms with E-state index in [9.17, 15) is 4.79 Å². The van der Waals surface area contributed by atoms with Crippen LogP contribution < -0.4 is 17.2 Å². The van der Waals surface area contributed by atoms with Crippen LogP contribution in [0.2, 0.25) is 0 Å². The number of benzene rings is 1. The van der Waals surface area contributed by atoms with E-state index in [2.05, 4.69) is 22.0 Å². The number of anilines is 1. The van der Waals surface area contributed by atoms with Crippen molar-refractivity contribution in [3.05, 3.63) is 52.6 Å². The van der Waals surface area contributed by atoms with Gasteiger partial charge in [-0.15, -0.1) is 0 Å². The summed E-state index contributed by atoms with van der Waals surface area (Å²) >= 11 is 0. The number of hydrogen-bond acceptors (Lipinski definition) is 5. The summed E-state index contributed by atoms with van der Waals surface area (Å²) in [6.07, 6.45) is 9.10. The van der Waals surface area contributed by atoms with Crippen LogP contribution in [-0.2, 0) is 6.54 Å². The van der Waals surface area contributed by atoms with E-state index in [1.165, 1.54) is 42.4 Å². The zero-order chi connectivity index (χ0) is 18.8. The van der Waals surface area contributed by atoms with Crippen molar-refractivity contribution < 1.29 is 0 Å². The summed E-state index contributed by atoms with van der Waals surface area (Å²) in [6, 6.07) is 10.9. The van der Waals surface area contributed by atoms with Gasteiger partial charge in [0.05, 0.1) is 5.69 Å². The lowest BCUT2D eigenvalue weighted by atomic mass is 9.90. The van der Waals surface area contributed by atoms with E-state index < -0.39 is 0 Å².